The number of aliphatic imine (C=N–C) groups is 1. The Morgan fingerprint density at radius 2 is 2.03 bits per heavy atom. The van der Waals surface area contributed by atoms with E-state index < -0.39 is 0 Å². The van der Waals surface area contributed by atoms with E-state index in [4.69, 9.17) is 4.99 Å². The number of hydrogen-bond acceptors (Lipinski definition) is 6. The maximum Gasteiger partial charge on any atom is 0.192 e. The Balaban J connectivity index is 0.000000994. The predicted molar refractivity (Wildman–Crippen MR) is 117 cm³/mol. The molecule has 3 heterocycles. The summed E-state index contributed by atoms with van der Waals surface area (Å²) in [6.07, 6.45) is 11.5. The second kappa shape index (κ2) is 8.43. The fourth-order valence-corrected chi connectivity index (χ4v) is 4.18. The van der Waals surface area contributed by atoms with Gasteiger partial charge in [0.2, 0.25) is 0 Å². The number of amidine groups is 2. The van der Waals surface area contributed by atoms with Crippen LogP contribution < -0.4 is 16.2 Å². The van der Waals surface area contributed by atoms with Crippen molar-refractivity contribution < 1.29 is 0 Å². The van der Waals surface area contributed by atoms with Crippen molar-refractivity contribution in [2.24, 2.45) is 16.0 Å². The molecule has 2 aliphatic heterocycles. The summed E-state index contributed by atoms with van der Waals surface area (Å²) in [6, 6.07) is 5.98. The molecule has 0 bridgehead atoms. The van der Waals surface area contributed by atoms with E-state index in [1.807, 2.05) is 38.2 Å². The predicted octanol–water partition coefficient (Wildman–Crippen LogP) is 3.29. The minimum absolute atomic E-state index is 0.0435. The number of nitrogens with one attached hydrogen (secondary N) is 3. The summed E-state index contributed by atoms with van der Waals surface area (Å²) in [7, 11) is 0. The average molecular weight is 396 g/mol. The van der Waals surface area contributed by atoms with E-state index in [9.17, 15) is 0 Å². The summed E-state index contributed by atoms with van der Waals surface area (Å²) in [5.41, 5.74) is 8.89. The summed E-state index contributed by atoms with van der Waals surface area (Å²) in [4.78, 5) is 9.51. The third-order valence-electron chi connectivity index (χ3n) is 5.89. The molecule has 1 atom stereocenters. The highest BCUT2D eigenvalue weighted by Gasteiger charge is 2.43. The molecule has 0 spiro atoms. The normalized spacial score (nSPS) is 25.8. The van der Waals surface area contributed by atoms with Crippen molar-refractivity contribution in [1.29, 1.82) is 0 Å². The van der Waals surface area contributed by atoms with Gasteiger partial charge in [0.15, 0.2) is 5.84 Å². The van der Waals surface area contributed by atoms with Crippen LogP contribution in [0.25, 0.3) is 0 Å². The number of pyridine rings is 1. The fraction of sp³-hybridized carbons (Fsp3) is 0.591. The Morgan fingerprint density at radius 3 is 2.72 bits per heavy atom. The van der Waals surface area contributed by atoms with Gasteiger partial charge in [0.25, 0.3) is 0 Å². The first-order chi connectivity index (χ1) is 14.2. The topological polar surface area (TPSA) is 76.9 Å². The number of rotatable bonds is 5. The van der Waals surface area contributed by atoms with Gasteiger partial charge in [0.1, 0.15) is 12.0 Å². The minimum Gasteiger partial charge on any atom is -0.376 e. The first kappa shape index (κ1) is 19.7. The molecule has 5 rings (SSSR count). The molecule has 0 radical (unpaired) electrons. The Labute approximate surface area is 173 Å². The molecular formula is C22H33N7. The van der Waals surface area contributed by atoms with Crippen LogP contribution in [0, 0.1) is 5.92 Å². The van der Waals surface area contributed by atoms with Crippen LogP contribution in [0.1, 0.15) is 65.0 Å². The van der Waals surface area contributed by atoms with Crippen LogP contribution in [-0.4, -0.2) is 33.4 Å². The van der Waals surface area contributed by atoms with Crippen molar-refractivity contribution in [3.63, 3.8) is 0 Å². The Hall–Kier alpha value is -2.57. The number of nitrogens with zero attached hydrogens (tertiary/aromatic N) is 4. The fourth-order valence-electron chi connectivity index (χ4n) is 4.18. The summed E-state index contributed by atoms with van der Waals surface area (Å²) in [5.74, 6) is 2.49. The van der Waals surface area contributed by atoms with Gasteiger partial charge in [-0.2, -0.15) is 5.10 Å². The number of fused-ring (bicyclic) bond motifs is 1. The quantitative estimate of drug-likeness (QED) is 0.713. The first-order valence-electron chi connectivity index (χ1n) is 11.1. The number of hydrazone groups is 1. The van der Waals surface area contributed by atoms with Crippen LogP contribution in [0.4, 0.5) is 0 Å². The van der Waals surface area contributed by atoms with Gasteiger partial charge in [-0.3, -0.25) is 20.8 Å². The van der Waals surface area contributed by atoms with E-state index in [0.717, 1.165) is 35.9 Å². The van der Waals surface area contributed by atoms with Gasteiger partial charge >= 0.3 is 0 Å². The van der Waals surface area contributed by atoms with E-state index in [2.05, 4.69) is 44.3 Å². The third kappa shape index (κ3) is 4.38. The lowest BCUT2D eigenvalue weighted by molar-refractivity contribution is 0.236. The highest BCUT2D eigenvalue weighted by Crippen LogP contribution is 2.37. The second-order valence-electron chi connectivity index (χ2n) is 8.26. The molecule has 29 heavy (non-hydrogen) atoms. The summed E-state index contributed by atoms with van der Waals surface area (Å²) in [5, 5.41) is 10.3. The first-order valence-corrected chi connectivity index (χ1v) is 11.1. The molecule has 156 valence electrons. The van der Waals surface area contributed by atoms with Crippen molar-refractivity contribution in [2.75, 3.05) is 0 Å². The van der Waals surface area contributed by atoms with Gasteiger partial charge < -0.3 is 5.32 Å². The maximum atomic E-state index is 5.10. The molecule has 1 aromatic heterocycles. The lowest BCUT2D eigenvalue weighted by atomic mass is 10.0. The summed E-state index contributed by atoms with van der Waals surface area (Å²) >= 11 is 0. The molecule has 7 heteroatoms. The van der Waals surface area contributed by atoms with E-state index in [0.29, 0.717) is 12.5 Å². The monoisotopic (exact) mass is 395 g/mol. The van der Waals surface area contributed by atoms with Gasteiger partial charge in [0.05, 0.1) is 23.5 Å². The molecule has 3 N–H and O–H groups in total. The number of hydrogen-bond donors (Lipinski definition) is 3. The van der Waals surface area contributed by atoms with Crippen molar-refractivity contribution >= 4 is 11.7 Å². The van der Waals surface area contributed by atoms with Gasteiger partial charge in [-0.25, -0.2) is 5.01 Å². The minimum atomic E-state index is 0.0435. The average Bonchev–Trinajstić information content (AvgIpc) is 3.37. The zero-order chi connectivity index (χ0) is 20.3. The smallest absolute Gasteiger partial charge is 0.192 e. The van der Waals surface area contributed by atoms with E-state index in [-0.39, 0.29) is 11.7 Å². The highest BCUT2D eigenvalue weighted by molar-refractivity contribution is 6.10. The maximum absolute atomic E-state index is 5.10. The molecular weight excluding hydrogens is 362 g/mol. The van der Waals surface area contributed by atoms with Crippen LogP contribution in [-0.2, 0) is 6.54 Å². The Morgan fingerprint density at radius 1 is 1.24 bits per heavy atom. The van der Waals surface area contributed by atoms with Crippen LogP contribution in [0.2, 0.25) is 0 Å². The second-order valence-corrected chi connectivity index (χ2v) is 8.26. The third-order valence-corrected chi connectivity index (χ3v) is 5.89. The highest BCUT2D eigenvalue weighted by atomic mass is 15.7. The molecule has 2 fully saturated rings. The largest absolute Gasteiger partial charge is 0.376 e. The van der Waals surface area contributed by atoms with Crippen LogP contribution in [0.15, 0.2) is 46.3 Å². The zero-order valence-electron chi connectivity index (χ0n) is 17.8. The molecule has 2 aliphatic carbocycles. The van der Waals surface area contributed by atoms with Crippen LogP contribution in [0.5, 0.6) is 0 Å². The van der Waals surface area contributed by atoms with Crippen LogP contribution in [0.3, 0.4) is 0 Å². The van der Waals surface area contributed by atoms with Crippen molar-refractivity contribution in [1.82, 2.24) is 26.2 Å². The molecule has 7 nitrogen and oxygen atoms in total. The molecule has 0 saturated heterocycles. The molecule has 4 aliphatic rings. The van der Waals surface area contributed by atoms with Crippen molar-refractivity contribution in [2.45, 2.75) is 77.5 Å². The van der Waals surface area contributed by atoms with Gasteiger partial charge in [-0.05, 0) is 44.7 Å². The molecule has 2 saturated carbocycles. The van der Waals surface area contributed by atoms with Crippen LogP contribution >= 0.6 is 0 Å². The molecule has 0 amide bonds. The van der Waals surface area contributed by atoms with Crippen molar-refractivity contribution in [3.05, 3.63) is 41.9 Å². The standard InChI is InChI=1S/C20H27N7.C2H6/c1-20(9-3-4-10-20)23-17-12-16(22-13-15-6-2-5-11-21-15)19-25-24-18(14-7-8-14)27(19)26-17;1-2/h2,5-6,11-12,14,18,22,24H,3-4,7-10,13H2,1H3,(H,23,26);1-2H3. The van der Waals surface area contributed by atoms with Gasteiger partial charge in [0, 0.05) is 18.2 Å². The van der Waals surface area contributed by atoms with E-state index >= 15 is 0 Å². The molecule has 1 unspecified atom stereocenters. The number of aromatic nitrogens is 1. The zero-order valence-corrected chi connectivity index (χ0v) is 17.8. The van der Waals surface area contributed by atoms with E-state index in [1.54, 1.807) is 0 Å². The molecule has 1 aromatic rings. The Bertz CT molecular complexity index is 789. The van der Waals surface area contributed by atoms with Gasteiger partial charge in [-0.1, -0.05) is 32.8 Å². The summed E-state index contributed by atoms with van der Waals surface area (Å²) < 4.78 is 0. The van der Waals surface area contributed by atoms with Crippen molar-refractivity contribution in [3.8, 4) is 0 Å². The van der Waals surface area contributed by atoms with E-state index in [1.165, 1.54) is 25.7 Å². The Kier molecular flexibility index (Phi) is 5.74. The van der Waals surface area contributed by atoms with Gasteiger partial charge in [-0.15, -0.1) is 0 Å². The molecule has 0 aromatic carbocycles. The summed E-state index contributed by atoms with van der Waals surface area (Å²) in [6.45, 7) is 6.94. The lowest BCUT2D eigenvalue weighted by Crippen LogP contribution is -2.56. The SMILES string of the molecule is CC.CC1(N=C2C=C(NCc3ccccn3)C3=NNC(C4CC4)N3N2)CCCC1. The number of hydrazine groups is 1. The lowest BCUT2D eigenvalue weighted by Gasteiger charge is -2.33.